The molecule has 1 unspecified atom stereocenters. The monoisotopic (exact) mass is 263 g/mol. The van der Waals surface area contributed by atoms with Crippen LogP contribution in [-0.2, 0) is 9.53 Å². The van der Waals surface area contributed by atoms with Crippen LogP contribution in [0.5, 0.6) is 0 Å². The first-order chi connectivity index (χ1) is 8.23. The molecule has 0 aliphatic heterocycles. The van der Waals surface area contributed by atoms with E-state index >= 15 is 0 Å². The van der Waals surface area contributed by atoms with Gasteiger partial charge in [-0.3, -0.25) is 4.79 Å². The van der Waals surface area contributed by atoms with Crippen molar-refractivity contribution in [3.63, 3.8) is 0 Å². The molecule has 0 spiro atoms. The van der Waals surface area contributed by atoms with Gasteiger partial charge in [0.15, 0.2) is 0 Å². The summed E-state index contributed by atoms with van der Waals surface area (Å²) >= 11 is 0. The molecule has 0 aliphatic rings. The summed E-state index contributed by atoms with van der Waals surface area (Å²) in [6, 6.07) is -0.617. The van der Waals surface area contributed by atoms with Crippen molar-refractivity contribution in [3.8, 4) is 0 Å². The van der Waals surface area contributed by atoms with Crippen LogP contribution in [0.3, 0.4) is 0 Å². The van der Waals surface area contributed by atoms with Gasteiger partial charge in [0, 0.05) is 6.54 Å². The Balaban J connectivity index is 3.76. The van der Waals surface area contributed by atoms with E-state index in [4.69, 9.17) is 10.8 Å². The van der Waals surface area contributed by atoms with Crippen molar-refractivity contribution in [1.82, 2.24) is 10.6 Å². The number of aliphatic carboxylic acids is 1. The number of amides is 3. The molecule has 0 saturated carbocycles. The second kappa shape index (κ2) is 7.33. The summed E-state index contributed by atoms with van der Waals surface area (Å²) in [5.41, 5.74) is 3.16. The molecule has 0 heterocycles. The van der Waals surface area contributed by atoms with Gasteiger partial charge in [0.25, 0.3) is 0 Å². The van der Waals surface area contributed by atoms with Crippen LogP contribution in [0, 0.1) is 0 Å². The first-order valence-corrected chi connectivity index (χ1v) is 5.11. The predicted molar refractivity (Wildman–Crippen MR) is 59.8 cm³/mol. The number of urea groups is 1. The molecule has 0 aliphatic carbocycles. The molecular weight excluding hydrogens is 246 g/mol. The summed E-state index contributed by atoms with van der Waals surface area (Å²) in [5, 5.41) is 22.7. The molecule has 0 saturated heterocycles. The lowest BCUT2D eigenvalue weighted by Gasteiger charge is -2.21. The van der Waals surface area contributed by atoms with Crippen LogP contribution in [0.1, 0.15) is 13.3 Å². The largest absolute Gasteiger partial charge is 0.481 e. The Morgan fingerprint density at radius 1 is 1.33 bits per heavy atom. The normalized spacial score (nSPS) is 13.2. The molecule has 104 valence electrons. The number of ether oxygens (including phenoxy) is 1. The minimum atomic E-state index is -1.53. The number of aliphatic hydroxyl groups is 1. The van der Waals surface area contributed by atoms with E-state index in [1.165, 1.54) is 6.92 Å². The predicted octanol–water partition coefficient (Wildman–Crippen LogP) is -1.39. The first kappa shape index (κ1) is 16.0. The highest BCUT2D eigenvalue weighted by Gasteiger charge is 2.24. The maximum Gasteiger partial charge on any atom is 0.404 e. The summed E-state index contributed by atoms with van der Waals surface area (Å²) in [6.07, 6.45) is -1.43. The summed E-state index contributed by atoms with van der Waals surface area (Å²) < 4.78 is 4.36. The molecule has 18 heavy (non-hydrogen) atoms. The van der Waals surface area contributed by atoms with Crippen molar-refractivity contribution in [2.75, 3.05) is 19.7 Å². The van der Waals surface area contributed by atoms with Gasteiger partial charge < -0.3 is 31.3 Å². The van der Waals surface area contributed by atoms with Crippen molar-refractivity contribution >= 4 is 18.1 Å². The van der Waals surface area contributed by atoms with E-state index < -0.39 is 30.1 Å². The quantitative estimate of drug-likeness (QED) is 0.356. The highest BCUT2D eigenvalue weighted by atomic mass is 16.5. The number of carbonyl (C=O) groups excluding carboxylic acids is 2. The first-order valence-electron chi connectivity index (χ1n) is 5.11. The number of carboxylic acids is 1. The highest BCUT2D eigenvalue weighted by Crippen LogP contribution is 2.06. The maximum absolute atomic E-state index is 11.2. The number of carbonyl (C=O) groups is 3. The maximum atomic E-state index is 11.2. The SMILES string of the molecule is CC(O)(CNC(=O)NCCOC(N)=O)CC(=O)O. The smallest absolute Gasteiger partial charge is 0.404 e. The van der Waals surface area contributed by atoms with Gasteiger partial charge in [0.2, 0.25) is 0 Å². The van der Waals surface area contributed by atoms with E-state index in [0.717, 1.165) is 0 Å². The molecule has 0 aromatic carbocycles. The number of carboxylic acid groups (broad SMARTS) is 1. The summed E-state index contributed by atoms with van der Waals surface area (Å²) in [5.74, 6) is -1.17. The van der Waals surface area contributed by atoms with Gasteiger partial charge in [0.1, 0.15) is 6.61 Å². The fourth-order valence-corrected chi connectivity index (χ4v) is 1.04. The molecule has 0 fully saturated rings. The zero-order valence-electron chi connectivity index (χ0n) is 9.93. The molecule has 0 bridgehead atoms. The van der Waals surface area contributed by atoms with E-state index in [1.54, 1.807) is 0 Å². The third kappa shape index (κ3) is 9.21. The van der Waals surface area contributed by atoms with Crippen molar-refractivity contribution in [3.05, 3.63) is 0 Å². The molecule has 9 heteroatoms. The molecule has 9 nitrogen and oxygen atoms in total. The van der Waals surface area contributed by atoms with Crippen molar-refractivity contribution in [2.45, 2.75) is 18.9 Å². The molecular formula is C9H17N3O6. The Bertz CT molecular complexity index is 317. The summed E-state index contributed by atoms with van der Waals surface area (Å²) in [7, 11) is 0. The Hall–Kier alpha value is -2.03. The third-order valence-corrected chi connectivity index (χ3v) is 1.79. The van der Waals surface area contributed by atoms with Crippen molar-refractivity contribution in [2.24, 2.45) is 5.73 Å². The molecule has 1 atom stereocenters. The van der Waals surface area contributed by atoms with Crippen LogP contribution in [-0.4, -0.2) is 53.6 Å². The van der Waals surface area contributed by atoms with E-state index in [-0.39, 0.29) is 19.7 Å². The topological polar surface area (TPSA) is 151 Å². The van der Waals surface area contributed by atoms with Gasteiger partial charge in [-0.1, -0.05) is 0 Å². The van der Waals surface area contributed by atoms with Crippen LogP contribution >= 0.6 is 0 Å². The van der Waals surface area contributed by atoms with Crippen LogP contribution < -0.4 is 16.4 Å². The van der Waals surface area contributed by atoms with E-state index in [9.17, 15) is 19.5 Å². The minimum Gasteiger partial charge on any atom is -0.481 e. The van der Waals surface area contributed by atoms with Gasteiger partial charge in [-0.05, 0) is 6.92 Å². The van der Waals surface area contributed by atoms with Gasteiger partial charge in [-0.2, -0.15) is 0 Å². The average molecular weight is 263 g/mol. The molecule has 6 N–H and O–H groups in total. The van der Waals surface area contributed by atoms with Crippen molar-refractivity contribution < 1.29 is 29.3 Å². The number of hydrogen-bond acceptors (Lipinski definition) is 5. The Kier molecular flexibility index (Phi) is 6.50. The van der Waals surface area contributed by atoms with Gasteiger partial charge in [0.05, 0.1) is 18.6 Å². The minimum absolute atomic E-state index is 0.0514. The fourth-order valence-electron chi connectivity index (χ4n) is 1.04. The van der Waals surface area contributed by atoms with Crippen LogP contribution in [0.25, 0.3) is 0 Å². The summed E-state index contributed by atoms with van der Waals surface area (Å²) in [4.78, 5) is 31.7. The standard InChI is InChI=1S/C9H17N3O6/c1-9(17,4-6(13)14)5-12-8(16)11-2-3-18-7(10)15/h17H,2-5H2,1H3,(H2,10,15)(H,13,14)(H2,11,12,16). The molecule has 0 rings (SSSR count). The van der Waals surface area contributed by atoms with E-state index in [2.05, 4.69) is 15.4 Å². The lowest BCUT2D eigenvalue weighted by atomic mass is 10.0. The van der Waals surface area contributed by atoms with Gasteiger partial charge in [-0.25, -0.2) is 9.59 Å². The third-order valence-electron chi connectivity index (χ3n) is 1.79. The molecule has 0 radical (unpaired) electrons. The Morgan fingerprint density at radius 3 is 2.44 bits per heavy atom. The number of nitrogens with one attached hydrogen (secondary N) is 2. The zero-order valence-corrected chi connectivity index (χ0v) is 9.93. The highest BCUT2D eigenvalue weighted by molar-refractivity contribution is 5.74. The average Bonchev–Trinajstić information content (AvgIpc) is 2.19. The van der Waals surface area contributed by atoms with Crippen LogP contribution in [0.4, 0.5) is 9.59 Å². The lowest BCUT2D eigenvalue weighted by Crippen LogP contribution is -2.46. The second-order valence-electron chi connectivity index (χ2n) is 3.84. The zero-order chi connectivity index (χ0) is 14.2. The lowest BCUT2D eigenvalue weighted by molar-refractivity contribution is -0.141. The van der Waals surface area contributed by atoms with Gasteiger partial charge >= 0.3 is 18.1 Å². The van der Waals surface area contributed by atoms with E-state index in [0.29, 0.717) is 0 Å². The van der Waals surface area contributed by atoms with E-state index in [1.807, 2.05) is 0 Å². The number of primary amides is 1. The second-order valence-corrected chi connectivity index (χ2v) is 3.84. The number of nitrogens with two attached hydrogens (primary N) is 1. The molecule has 0 aromatic rings. The Morgan fingerprint density at radius 2 is 1.94 bits per heavy atom. The molecule has 0 aromatic heterocycles. The summed E-state index contributed by atoms with van der Waals surface area (Å²) in [6.45, 7) is 1.05. The Labute approximate surface area is 103 Å². The number of rotatable bonds is 7. The van der Waals surface area contributed by atoms with Crippen LogP contribution in [0.2, 0.25) is 0 Å². The van der Waals surface area contributed by atoms with Crippen LogP contribution in [0.15, 0.2) is 0 Å². The fraction of sp³-hybridized carbons (Fsp3) is 0.667. The van der Waals surface area contributed by atoms with Gasteiger partial charge in [-0.15, -0.1) is 0 Å². The molecule has 3 amide bonds. The van der Waals surface area contributed by atoms with Crippen molar-refractivity contribution in [1.29, 1.82) is 0 Å². The number of hydrogen-bond donors (Lipinski definition) is 5.